The van der Waals surface area contributed by atoms with E-state index >= 15 is 0 Å². The first kappa shape index (κ1) is 7.90. The Labute approximate surface area is 70.8 Å². The molecule has 1 radical (unpaired) electrons. The van der Waals surface area contributed by atoms with Crippen molar-refractivity contribution in [1.82, 2.24) is 0 Å². The molecule has 0 aromatic heterocycles. The highest BCUT2D eigenvalue weighted by Crippen LogP contribution is 2.24. The number of rotatable bonds is 0. The molecule has 0 amide bonds. The Hall–Kier alpha value is -0.200. The fourth-order valence-electron chi connectivity index (χ4n) is 0.730. The molecule has 0 aliphatic carbocycles. The molecule has 0 nitrogen and oxygen atoms in total. The molecule has 0 heterocycles. The van der Waals surface area contributed by atoms with Crippen molar-refractivity contribution in [2.75, 3.05) is 0 Å². The summed E-state index contributed by atoms with van der Waals surface area (Å²) in [5.41, 5.74) is 1.76. The van der Waals surface area contributed by atoms with Gasteiger partial charge in [0.15, 0.2) is 0 Å². The van der Waals surface area contributed by atoms with Crippen LogP contribution in [0.25, 0.3) is 0 Å². The van der Waals surface area contributed by atoms with Crippen LogP contribution in [0.1, 0.15) is 11.1 Å². The molecule has 0 spiro atoms. The second-order valence-corrected chi connectivity index (χ2v) is 3.02. The third-order valence-electron chi connectivity index (χ3n) is 1.29. The zero-order valence-electron chi connectivity index (χ0n) is 5.62. The van der Waals surface area contributed by atoms with E-state index in [0.29, 0.717) is 15.6 Å². The smallest absolute Gasteiger partial charge is 0.0455 e. The Morgan fingerprint density at radius 1 is 1.20 bits per heavy atom. The average molecular weight is 174 g/mol. The van der Waals surface area contributed by atoms with Gasteiger partial charge >= 0.3 is 0 Å². The second-order valence-electron chi connectivity index (χ2n) is 2.21. The van der Waals surface area contributed by atoms with Crippen molar-refractivity contribution >= 4 is 23.2 Å². The quantitative estimate of drug-likeness (QED) is 0.564. The fraction of sp³-hybridized carbons (Fsp3) is 0.125. The summed E-state index contributed by atoms with van der Waals surface area (Å²) in [6.45, 7) is 5.64. The van der Waals surface area contributed by atoms with Gasteiger partial charge in [0.05, 0.1) is 0 Å². The molecular weight excluding hydrogens is 167 g/mol. The van der Waals surface area contributed by atoms with Crippen LogP contribution >= 0.6 is 23.2 Å². The molecule has 0 bridgehead atoms. The largest absolute Gasteiger partial charge is 0.0840 e. The van der Waals surface area contributed by atoms with E-state index < -0.39 is 0 Å². The number of hydrogen-bond donors (Lipinski definition) is 0. The monoisotopic (exact) mass is 173 g/mol. The molecule has 53 valence electrons. The molecule has 0 atom stereocenters. The minimum Gasteiger partial charge on any atom is -0.0840 e. The number of aryl methyl sites for hydroxylation is 1. The number of hydrogen-bond acceptors (Lipinski definition) is 0. The second kappa shape index (κ2) is 2.81. The van der Waals surface area contributed by atoms with Crippen LogP contribution < -0.4 is 0 Å². The normalized spacial score (nSPS) is 10.0. The zero-order chi connectivity index (χ0) is 7.72. The van der Waals surface area contributed by atoms with Gasteiger partial charge in [-0.15, -0.1) is 0 Å². The minimum absolute atomic E-state index is 0.630. The highest BCUT2D eigenvalue weighted by molar-refractivity contribution is 6.36. The maximum absolute atomic E-state index is 5.77. The average Bonchev–Trinajstić information content (AvgIpc) is 1.82. The first-order valence-electron chi connectivity index (χ1n) is 2.89. The van der Waals surface area contributed by atoms with Gasteiger partial charge in [-0.2, -0.15) is 0 Å². The lowest BCUT2D eigenvalue weighted by molar-refractivity contribution is 1.45. The maximum atomic E-state index is 5.77. The van der Waals surface area contributed by atoms with Crippen LogP contribution in [-0.4, -0.2) is 0 Å². The summed E-state index contributed by atoms with van der Waals surface area (Å²) in [6, 6.07) is 3.69. The Morgan fingerprint density at radius 2 is 1.60 bits per heavy atom. The van der Waals surface area contributed by atoms with E-state index in [2.05, 4.69) is 6.92 Å². The summed E-state index contributed by atoms with van der Waals surface area (Å²) < 4.78 is 0. The fourth-order valence-corrected chi connectivity index (χ4v) is 1.33. The van der Waals surface area contributed by atoms with Crippen molar-refractivity contribution in [2.45, 2.75) is 6.92 Å². The Kier molecular flexibility index (Phi) is 2.22. The van der Waals surface area contributed by atoms with Crippen LogP contribution in [0, 0.1) is 13.8 Å². The summed E-state index contributed by atoms with van der Waals surface area (Å²) in [6.07, 6.45) is 0. The van der Waals surface area contributed by atoms with Crippen molar-refractivity contribution in [1.29, 1.82) is 0 Å². The third kappa shape index (κ3) is 1.44. The molecule has 0 fully saturated rings. The van der Waals surface area contributed by atoms with E-state index in [-0.39, 0.29) is 0 Å². The summed E-state index contributed by atoms with van der Waals surface area (Å²) in [5.74, 6) is 0. The van der Waals surface area contributed by atoms with Gasteiger partial charge in [-0.05, 0) is 37.1 Å². The van der Waals surface area contributed by atoms with E-state index in [9.17, 15) is 0 Å². The zero-order valence-corrected chi connectivity index (χ0v) is 7.13. The molecule has 10 heavy (non-hydrogen) atoms. The molecule has 0 unspecified atom stereocenters. The Bertz CT molecular complexity index is 230. The van der Waals surface area contributed by atoms with Gasteiger partial charge in [0, 0.05) is 10.0 Å². The number of halogens is 2. The van der Waals surface area contributed by atoms with Crippen LogP contribution in [0.2, 0.25) is 10.0 Å². The summed E-state index contributed by atoms with van der Waals surface area (Å²) in [7, 11) is 0. The molecular formula is C8H7Cl2. The molecule has 0 aliphatic rings. The van der Waals surface area contributed by atoms with Crippen LogP contribution in [0.5, 0.6) is 0 Å². The lowest BCUT2D eigenvalue weighted by atomic mass is 10.2. The van der Waals surface area contributed by atoms with Crippen molar-refractivity contribution in [3.8, 4) is 0 Å². The molecule has 0 saturated carbocycles. The first-order valence-corrected chi connectivity index (χ1v) is 3.64. The molecule has 1 aromatic carbocycles. The molecule has 0 saturated heterocycles. The van der Waals surface area contributed by atoms with Crippen molar-refractivity contribution in [3.63, 3.8) is 0 Å². The van der Waals surface area contributed by atoms with Crippen molar-refractivity contribution in [2.24, 2.45) is 0 Å². The molecule has 1 rings (SSSR count). The highest BCUT2D eigenvalue weighted by Gasteiger charge is 1.99. The first-order chi connectivity index (χ1) is 4.61. The highest BCUT2D eigenvalue weighted by atomic mass is 35.5. The lowest BCUT2D eigenvalue weighted by Gasteiger charge is -2.00. The van der Waals surface area contributed by atoms with Crippen LogP contribution in [0.4, 0.5) is 0 Å². The van der Waals surface area contributed by atoms with Crippen LogP contribution in [0.3, 0.4) is 0 Å². The van der Waals surface area contributed by atoms with Gasteiger partial charge < -0.3 is 0 Å². The van der Waals surface area contributed by atoms with Crippen molar-refractivity contribution in [3.05, 3.63) is 40.2 Å². The summed E-state index contributed by atoms with van der Waals surface area (Å²) in [5, 5.41) is 1.26. The van der Waals surface area contributed by atoms with Gasteiger partial charge in [0.1, 0.15) is 0 Å². The van der Waals surface area contributed by atoms with E-state index in [1.807, 2.05) is 19.1 Å². The molecule has 0 N–H and O–H groups in total. The third-order valence-corrected chi connectivity index (χ3v) is 1.96. The van der Waals surface area contributed by atoms with Gasteiger partial charge in [-0.1, -0.05) is 23.2 Å². The van der Waals surface area contributed by atoms with Gasteiger partial charge in [0.25, 0.3) is 0 Å². The summed E-state index contributed by atoms with van der Waals surface area (Å²) >= 11 is 11.5. The van der Waals surface area contributed by atoms with Crippen LogP contribution in [-0.2, 0) is 0 Å². The molecule has 1 aromatic rings. The van der Waals surface area contributed by atoms with E-state index in [0.717, 1.165) is 5.56 Å². The Balaban J connectivity index is 3.31. The van der Waals surface area contributed by atoms with Gasteiger partial charge in [0.2, 0.25) is 0 Å². The minimum atomic E-state index is 0.630. The SMILES string of the molecule is [CH2]c1c(Cl)cc(C)cc1Cl. The van der Waals surface area contributed by atoms with Crippen LogP contribution in [0.15, 0.2) is 12.1 Å². The predicted molar refractivity (Wildman–Crippen MR) is 45.7 cm³/mol. The van der Waals surface area contributed by atoms with Crippen molar-refractivity contribution < 1.29 is 0 Å². The molecule has 2 heteroatoms. The standard InChI is InChI=1S/C8H7Cl2/c1-5-3-7(9)6(2)8(10)4-5/h3-4H,2H2,1H3. The number of benzene rings is 1. The lowest BCUT2D eigenvalue weighted by Crippen LogP contribution is -1.79. The predicted octanol–water partition coefficient (Wildman–Crippen LogP) is 3.48. The van der Waals surface area contributed by atoms with Gasteiger partial charge in [-0.25, -0.2) is 0 Å². The summed E-state index contributed by atoms with van der Waals surface area (Å²) in [4.78, 5) is 0. The van der Waals surface area contributed by atoms with E-state index in [1.54, 1.807) is 0 Å². The van der Waals surface area contributed by atoms with Gasteiger partial charge in [-0.3, -0.25) is 0 Å². The topological polar surface area (TPSA) is 0 Å². The van der Waals surface area contributed by atoms with E-state index in [4.69, 9.17) is 23.2 Å². The Morgan fingerprint density at radius 3 is 2.00 bits per heavy atom. The molecule has 0 aliphatic heterocycles. The maximum Gasteiger partial charge on any atom is 0.0455 e. The van der Waals surface area contributed by atoms with E-state index in [1.165, 1.54) is 0 Å².